The van der Waals surface area contributed by atoms with Crippen molar-refractivity contribution >= 4 is 5.91 Å². The van der Waals surface area contributed by atoms with Crippen molar-refractivity contribution in [3.8, 4) is 11.5 Å². The van der Waals surface area contributed by atoms with E-state index in [0.717, 1.165) is 0 Å². The summed E-state index contributed by atoms with van der Waals surface area (Å²) in [6.45, 7) is 2.31. The Kier molecular flexibility index (Phi) is 5.99. The number of amides is 1. The highest BCUT2D eigenvalue weighted by molar-refractivity contribution is 5.92. The molecular formula is C16H21N3O4. The molecule has 1 aromatic carbocycles. The van der Waals surface area contributed by atoms with E-state index < -0.39 is 6.10 Å². The number of ether oxygens (including phenoxy) is 2. The molecule has 0 saturated carbocycles. The third-order valence-corrected chi connectivity index (χ3v) is 3.27. The number of aliphatic hydroxyl groups excluding tert-OH is 1. The molecular weight excluding hydrogens is 298 g/mol. The van der Waals surface area contributed by atoms with Crippen LogP contribution in [0.4, 0.5) is 0 Å². The van der Waals surface area contributed by atoms with Crippen LogP contribution in [0.1, 0.15) is 29.5 Å². The number of aliphatic hydroxyl groups is 1. The molecule has 0 radical (unpaired) electrons. The molecule has 124 valence electrons. The minimum Gasteiger partial charge on any atom is -0.497 e. The van der Waals surface area contributed by atoms with Crippen LogP contribution in [0.5, 0.6) is 11.5 Å². The summed E-state index contributed by atoms with van der Waals surface area (Å²) >= 11 is 0. The molecule has 1 atom stereocenters. The van der Waals surface area contributed by atoms with Gasteiger partial charge in [-0.05, 0) is 24.6 Å². The van der Waals surface area contributed by atoms with Crippen molar-refractivity contribution in [3.05, 3.63) is 41.7 Å². The lowest BCUT2D eigenvalue weighted by molar-refractivity contribution is 0.0909. The molecule has 2 rings (SSSR count). The van der Waals surface area contributed by atoms with E-state index in [0.29, 0.717) is 23.6 Å². The molecule has 2 aromatic rings. The smallest absolute Gasteiger partial charge is 0.271 e. The maximum absolute atomic E-state index is 11.9. The molecule has 0 bridgehead atoms. The van der Waals surface area contributed by atoms with Crippen molar-refractivity contribution in [1.29, 1.82) is 0 Å². The van der Waals surface area contributed by atoms with Crippen LogP contribution >= 0.6 is 0 Å². The molecule has 0 unspecified atom stereocenters. The Bertz CT molecular complexity index is 642. The number of carbonyl (C=O) groups excluding carboxylic acids is 1. The van der Waals surface area contributed by atoms with Crippen molar-refractivity contribution in [2.45, 2.75) is 26.1 Å². The number of H-pyrrole nitrogens is 1. The first-order valence-electron chi connectivity index (χ1n) is 7.39. The number of methoxy groups -OCH3 is 1. The number of aromatic nitrogens is 2. The summed E-state index contributed by atoms with van der Waals surface area (Å²) in [6, 6.07) is 8.87. The summed E-state index contributed by atoms with van der Waals surface area (Å²) in [5, 5.41) is 18.8. The quantitative estimate of drug-likeness (QED) is 0.685. The lowest BCUT2D eigenvalue weighted by atomic mass is 10.2. The van der Waals surface area contributed by atoms with E-state index >= 15 is 0 Å². The zero-order chi connectivity index (χ0) is 16.7. The fourth-order valence-corrected chi connectivity index (χ4v) is 1.85. The van der Waals surface area contributed by atoms with E-state index in [9.17, 15) is 9.90 Å². The monoisotopic (exact) mass is 319 g/mol. The molecule has 0 aliphatic carbocycles. The van der Waals surface area contributed by atoms with Gasteiger partial charge in [0.15, 0.2) is 0 Å². The van der Waals surface area contributed by atoms with Gasteiger partial charge in [-0.3, -0.25) is 9.89 Å². The Labute approximate surface area is 134 Å². The summed E-state index contributed by atoms with van der Waals surface area (Å²) in [7, 11) is 1.59. The minimum atomic E-state index is -0.547. The number of nitrogens with zero attached hydrogens (tertiary/aromatic N) is 1. The number of rotatable bonds is 8. The van der Waals surface area contributed by atoms with Crippen molar-refractivity contribution in [2.75, 3.05) is 13.7 Å². The van der Waals surface area contributed by atoms with Gasteiger partial charge in [0.25, 0.3) is 5.91 Å². The predicted molar refractivity (Wildman–Crippen MR) is 84.5 cm³/mol. The molecule has 3 N–H and O–H groups in total. The zero-order valence-electron chi connectivity index (χ0n) is 13.2. The standard InChI is InChI=1S/C16H21N3O4/c1-3-12(20)9-17-16(21)15-7-11(18-19-15)10-23-14-6-4-5-13(8-14)22-2/h4-8,12,20H,3,9-10H2,1-2H3,(H,17,21)(H,18,19)/t12-/m0/s1. The summed E-state index contributed by atoms with van der Waals surface area (Å²) < 4.78 is 10.7. The van der Waals surface area contributed by atoms with Crippen LogP contribution in [0.2, 0.25) is 0 Å². The van der Waals surface area contributed by atoms with E-state index in [1.165, 1.54) is 0 Å². The van der Waals surface area contributed by atoms with E-state index in [4.69, 9.17) is 9.47 Å². The van der Waals surface area contributed by atoms with Crippen molar-refractivity contribution in [1.82, 2.24) is 15.5 Å². The van der Waals surface area contributed by atoms with Crippen LogP contribution in [0.3, 0.4) is 0 Å². The Morgan fingerprint density at radius 2 is 2.17 bits per heavy atom. The lowest BCUT2D eigenvalue weighted by Crippen LogP contribution is -2.31. The first-order chi connectivity index (χ1) is 11.1. The molecule has 1 heterocycles. The van der Waals surface area contributed by atoms with E-state index in [-0.39, 0.29) is 24.8 Å². The third-order valence-electron chi connectivity index (χ3n) is 3.27. The Morgan fingerprint density at radius 3 is 2.91 bits per heavy atom. The van der Waals surface area contributed by atoms with Gasteiger partial charge < -0.3 is 19.9 Å². The lowest BCUT2D eigenvalue weighted by Gasteiger charge is -2.07. The zero-order valence-corrected chi connectivity index (χ0v) is 13.2. The molecule has 7 heteroatoms. The molecule has 0 saturated heterocycles. The van der Waals surface area contributed by atoms with Gasteiger partial charge in [0.1, 0.15) is 23.8 Å². The highest BCUT2D eigenvalue weighted by atomic mass is 16.5. The van der Waals surface area contributed by atoms with Gasteiger partial charge in [0.2, 0.25) is 0 Å². The number of hydrogen-bond donors (Lipinski definition) is 3. The van der Waals surface area contributed by atoms with E-state index in [1.807, 2.05) is 25.1 Å². The molecule has 0 aliphatic heterocycles. The molecule has 23 heavy (non-hydrogen) atoms. The summed E-state index contributed by atoms with van der Waals surface area (Å²) in [6.07, 6.45) is 0.0364. The third kappa shape index (κ3) is 5.00. The molecule has 1 aromatic heterocycles. The minimum absolute atomic E-state index is 0.206. The van der Waals surface area contributed by atoms with Gasteiger partial charge in [0, 0.05) is 12.6 Å². The summed E-state index contributed by atoms with van der Waals surface area (Å²) in [5.74, 6) is 1.04. The maximum Gasteiger partial charge on any atom is 0.271 e. The van der Waals surface area contributed by atoms with Gasteiger partial charge in [-0.1, -0.05) is 13.0 Å². The number of benzene rings is 1. The Morgan fingerprint density at radius 1 is 1.39 bits per heavy atom. The Hall–Kier alpha value is -2.54. The first-order valence-corrected chi connectivity index (χ1v) is 7.39. The second-order valence-corrected chi connectivity index (χ2v) is 5.02. The average molecular weight is 319 g/mol. The number of aromatic amines is 1. The van der Waals surface area contributed by atoms with Gasteiger partial charge >= 0.3 is 0 Å². The first kappa shape index (κ1) is 16.8. The van der Waals surface area contributed by atoms with Crippen molar-refractivity contribution < 1.29 is 19.4 Å². The number of carbonyl (C=O) groups is 1. The van der Waals surface area contributed by atoms with E-state index in [1.54, 1.807) is 19.2 Å². The number of hydrogen-bond acceptors (Lipinski definition) is 5. The van der Waals surface area contributed by atoms with Crippen LogP contribution in [-0.2, 0) is 6.61 Å². The molecule has 0 aliphatic rings. The highest BCUT2D eigenvalue weighted by Crippen LogP contribution is 2.19. The van der Waals surface area contributed by atoms with Crippen molar-refractivity contribution in [3.63, 3.8) is 0 Å². The second-order valence-electron chi connectivity index (χ2n) is 5.02. The topological polar surface area (TPSA) is 96.5 Å². The molecule has 7 nitrogen and oxygen atoms in total. The predicted octanol–water partition coefficient (Wildman–Crippen LogP) is 1.50. The van der Waals surface area contributed by atoms with Crippen LogP contribution < -0.4 is 14.8 Å². The maximum atomic E-state index is 11.9. The second kappa shape index (κ2) is 8.19. The molecule has 0 spiro atoms. The fraction of sp³-hybridized carbons (Fsp3) is 0.375. The summed E-state index contributed by atoms with van der Waals surface area (Å²) in [4.78, 5) is 11.9. The molecule has 1 amide bonds. The normalized spacial score (nSPS) is 11.8. The Balaban J connectivity index is 1.87. The molecule has 0 fully saturated rings. The van der Waals surface area contributed by atoms with Crippen LogP contribution in [-0.4, -0.2) is 41.0 Å². The van der Waals surface area contributed by atoms with E-state index in [2.05, 4.69) is 15.5 Å². The van der Waals surface area contributed by atoms with Gasteiger partial charge in [-0.2, -0.15) is 5.10 Å². The van der Waals surface area contributed by atoms with Gasteiger partial charge in [-0.15, -0.1) is 0 Å². The number of nitrogens with one attached hydrogen (secondary N) is 2. The van der Waals surface area contributed by atoms with Gasteiger partial charge in [0.05, 0.1) is 18.9 Å². The SMILES string of the molecule is CC[C@H](O)CNC(=O)c1cc(COc2cccc(OC)c2)[nH]n1. The summed E-state index contributed by atoms with van der Waals surface area (Å²) in [5.41, 5.74) is 0.937. The van der Waals surface area contributed by atoms with Gasteiger partial charge in [-0.25, -0.2) is 0 Å². The average Bonchev–Trinajstić information content (AvgIpc) is 3.06. The van der Waals surface area contributed by atoms with Crippen LogP contribution in [0.25, 0.3) is 0 Å². The fourth-order valence-electron chi connectivity index (χ4n) is 1.85. The van der Waals surface area contributed by atoms with Crippen LogP contribution in [0.15, 0.2) is 30.3 Å². The largest absolute Gasteiger partial charge is 0.497 e. The van der Waals surface area contributed by atoms with Crippen molar-refractivity contribution in [2.24, 2.45) is 0 Å². The highest BCUT2D eigenvalue weighted by Gasteiger charge is 2.12. The van der Waals surface area contributed by atoms with Crippen LogP contribution in [0, 0.1) is 0 Å².